The molecule has 11 heavy (non-hydrogen) atoms. The third kappa shape index (κ3) is 3.35. The van der Waals surface area contributed by atoms with E-state index in [2.05, 4.69) is 11.4 Å². The fourth-order valence-corrected chi connectivity index (χ4v) is 1.36. The summed E-state index contributed by atoms with van der Waals surface area (Å²) in [6, 6.07) is 4.12. The summed E-state index contributed by atoms with van der Waals surface area (Å²) >= 11 is 1.73. The molecule has 0 atom stereocenters. The maximum absolute atomic E-state index is 5.34. The zero-order chi connectivity index (χ0) is 7.94. The lowest BCUT2D eigenvalue weighted by Gasteiger charge is -1.96. The van der Waals surface area contributed by atoms with E-state index in [9.17, 15) is 0 Å². The number of ether oxygens (including phenoxy) is 1. The van der Waals surface area contributed by atoms with E-state index in [-0.39, 0.29) is 0 Å². The molecule has 0 aliphatic carbocycles. The number of hydrogen-bond acceptors (Lipinski definition) is 2. The minimum absolute atomic E-state index is 0.717. The Kier molecular flexibility index (Phi) is 3.94. The Morgan fingerprint density at radius 3 is 3.18 bits per heavy atom. The molecule has 0 aromatic carbocycles. The zero-order valence-corrected chi connectivity index (χ0v) is 7.43. The van der Waals surface area contributed by atoms with Gasteiger partial charge < -0.3 is 4.74 Å². The first kappa shape index (κ1) is 8.50. The van der Waals surface area contributed by atoms with Gasteiger partial charge in [-0.25, -0.2) is 0 Å². The van der Waals surface area contributed by atoms with E-state index in [1.807, 2.05) is 25.1 Å². The average Bonchev–Trinajstić information content (AvgIpc) is 2.50. The highest BCUT2D eigenvalue weighted by molar-refractivity contribution is 7.09. The van der Waals surface area contributed by atoms with Crippen LogP contribution in [0.15, 0.2) is 29.7 Å². The summed E-state index contributed by atoms with van der Waals surface area (Å²) in [7, 11) is 0. The van der Waals surface area contributed by atoms with E-state index >= 15 is 0 Å². The van der Waals surface area contributed by atoms with Gasteiger partial charge in [-0.1, -0.05) is 18.2 Å². The maximum Gasteiger partial charge on any atom is 0.0813 e. The smallest absolute Gasteiger partial charge is 0.0813 e. The molecule has 0 radical (unpaired) electrons. The van der Waals surface area contributed by atoms with Crippen LogP contribution in [0.1, 0.15) is 11.8 Å². The van der Waals surface area contributed by atoms with Gasteiger partial charge in [-0.05, 0) is 18.4 Å². The van der Waals surface area contributed by atoms with Gasteiger partial charge in [0.05, 0.1) is 13.2 Å². The van der Waals surface area contributed by atoms with Crippen molar-refractivity contribution in [2.75, 3.05) is 6.61 Å². The summed E-state index contributed by atoms with van der Waals surface area (Å²) in [5, 5.41) is 2.06. The number of hydrogen-bond donors (Lipinski definition) is 0. The highest BCUT2D eigenvalue weighted by Crippen LogP contribution is 2.09. The molecule has 0 unspecified atom stereocenters. The van der Waals surface area contributed by atoms with Gasteiger partial charge in [0.2, 0.25) is 0 Å². The summed E-state index contributed by atoms with van der Waals surface area (Å²) in [5.41, 5.74) is 0. The molecule has 0 fully saturated rings. The summed E-state index contributed by atoms with van der Waals surface area (Å²) in [6.07, 6.45) is 4.00. The summed E-state index contributed by atoms with van der Waals surface area (Å²) in [6.45, 7) is 3.45. The summed E-state index contributed by atoms with van der Waals surface area (Å²) < 4.78 is 5.34. The molecule has 0 bridgehead atoms. The van der Waals surface area contributed by atoms with Crippen molar-refractivity contribution in [3.8, 4) is 0 Å². The minimum Gasteiger partial charge on any atom is -0.372 e. The maximum atomic E-state index is 5.34. The Morgan fingerprint density at radius 2 is 2.55 bits per heavy atom. The molecule has 0 aliphatic rings. The number of rotatable bonds is 4. The SMILES string of the molecule is C/C=C\COCc1cccs1. The highest BCUT2D eigenvalue weighted by atomic mass is 32.1. The minimum atomic E-state index is 0.717. The van der Waals surface area contributed by atoms with Gasteiger partial charge in [0.25, 0.3) is 0 Å². The topological polar surface area (TPSA) is 9.23 Å². The van der Waals surface area contributed by atoms with Crippen molar-refractivity contribution < 1.29 is 4.74 Å². The van der Waals surface area contributed by atoms with Crippen molar-refractivity contribution in [1.82, 2.24) is 0 Å². The van der Waals surface area contributed by atoms with E-state index in [0.29, 0.717) is 6.61 Å². The molecule has 0 saturated heterocycles. The lowest BCUT2D eigenvalue weighted by Crippen LogP contribution is -1.89. The molecule has 1 aromatic heterocycles. The van der Waals surface area contributed by atoms with Crippen LogP contribution in [-0.4, -0.2) is 6.61 Å². The summed E-state index contributed by atoms with van der Waals surface area (Å²) in [5.74, 6) is 0. The molecule has 0 saturated carbocycles. The monoisotopic (exact) mass is 168 g/mol. The van der Waals surface area contributed by atoms with Crippen molar-refractivity contribution in [2.45, 2.75) is 13.5 Å². The molecular formula is C9H12OS. The van der Waals surface area contributed by atoms with Crippen molar-refractivity contribution in [1.29, 1.82) is 0 Å². The van der Waals surface area contributed by atoms with Gasteiger partial charge in [-0.2, -0.15) is 0 Å². The number of thiophene rings is 1. The van der Waals surface area contributed by atoms with Crippen molar-refractivity contribution >= 4 is 11.3 Å². The first-order valence-corrected chi connectivity index (χ1v) is 4.52. The quantitative estimate of drug-likeness (QED) is 0.496. The van der Waals surface area contributed by atoms with E-state index in [1.54, 1.807) is 11.3 Å². The van der Waals surface area contributed by atoms with Gasteiger partial charge in [-0.3, -0.25) is 0 Å². The van der Waals surface area contributed by atoms with Gasteiger partial charge >= 0.3 is 0 Å². The van der Waals surface area contributed by atoms with Crippen LogP contribution < -0.4 is 0 Å². The first-order valence-electron chi connectivity index (χ1n) is 3.65. The van der Waals surface area contributed by atoms with Crippen LogP contribution in [-0.2, 0) is 11.3 Å². The molecule has 0 aliphatic heterocycles. The molecular weight excluding hydrogens is 156 g/mol. The van der Waals surface area contributed by atoms with Crippen LogP contribution in [0.25, 0.3) is 0 Å². The number of allylic oxidation sites excluding steroid dienone is 1. The van der Waals surface area contributed by atoms with Gasteiger partial charge in [0, 0.05) is 4.88 Å². The average molecular weight is 168 g/mol. The van der Waals surface area contributed by atoms with Gasteiger partial charge in [-0.15, -0.1) is 11.3 Å². The van der Waals surface area contributed by atoms with Crippen LogP contribution in [0, 0.1) is 0 Å². The Hall–Kier alpha value is -0.600. The Morgan fingerprint density at radius 1 is 1.64 bits per heavy atom. The Balaban J connectivity index is 2.14. The van der Waals surface area contributed by atoms with E-state index in [1.165, 1.54) is 4.88 Å². The fraction of sp³-hybridized carbons (Fsp3) is 0.333. The van der Waals surface area contributed by atoms with Gasteiger partial charge in [0.15, 0.2) is 0 Å². The molecule has 0 amide bonds. The first-order chi connectivity index (χ1) is 5.43. The Labute approximate surface area is 71.3 Å². The highest BCUT2D eigenvalue weighted by Gasteiger charge is 1.90. The lowest BCUT2D eigenvalue weighted by molar-refractivity contribution is 0.151. The van der Waals surface area contributed by atoms with Crippen molar-refractivity contribution in [3.63, 3.8) is 0 Å². The van der Waals surface area contributed by atoms with E-state index < -0.39 is 0 Å². The van der Waals surface area contributed by atoms with Crippen LogP contribution in [0.3, 0.4) is 0 Å². The molecule has 2 heteroatoms. The second-order valence-corrected chi connectivity index (χ2v) is 3.20. The van der Waals surface area contributed by atoms with Crippen LogP contribution in [0.4, 0.5) is 0 Å². The van der Waals surface area contributed by atoms with Crippen LogP contribution >= 0.6 is 11.3 Å². The van der Waals surface area contributed by atoms with Gasteiger partial charge in [0.1, 0.15) is 0 Å². The standard InChI is InChI=1S/C9H12OS/c1-2-3-6-10-8-9-5-4-7-11-9/h2-5,7H,6,8H2,1H3/b3-2-. The third-order valence-corrected chi connectivity index (χ3v) is 2.12. The van der Waals surface area contributed by atoms with Crippen LogP contribution in [0.5, 0.6) is 0 Å². The second kappa shape index (κ2) is 5.10. The predicted octanol–water partition coefficient (Wildman–Crippen LogP) is 2.84. The zero-order valence-electron chi connectivity index (χ0n) is 6.62. The molecule has 1 aromatic rings. The van der Waals surface area contributed by atoms with E-state index in [0.717, 1.165) is 6.61 Å². The molecule has 1 nitrogen and oxygen atoms in total. The normalized spacial score (nSPS) is 11.0. The molecule has 1 rings (SSSR count). The molecule has 0 spiro atoms. The Bertz CT molecular complexity index is 201. The van der Waals surface area contributed by atoms with Crippen molar-refractivity contribution in [3.05, 3.63) is 34.5 Å². The lowest BCUT2D eigenvalue weighted by atomic mass is 10.5. The third-order valence-electron chi connectivity index (χ3n) is 1.27. The molecule has 1 heterocycles. The van der Waals surface area contributed by atoms with Crippen LogP contribution in [0.2, 0.25) is 0 Å². The van der Waals surface area contributed by atoms with E-state index in [4.69, 9.17) is 4.74 Å². The van der Waals surface area contributed by atoms with Crippen molar-refractivity contribution in [2.24, 2.45) is 0 Å². The molecule has 60 valence electrons. The fourth-order valence-electron chi connectivity index (χ4n) is 0.718. The molecule has 0 N–H and O–H groups in total. The summed E-state index contributed by atoms with van der Waals surface area (Å²) in [4.78, 5) is 1.29. The predicted molar refractivity (Wildman–Crippen MR) is 48.8 cm³/mol. The second-order valence-electron chi connectivity index (χ2n) is 2.16. The largest absolute Gasteiger partial charge is 0.372 e.